The number of hydrogen-bond donors (Lipinski definition) is 0. The van der Waals surface area contributed by atoms with Crippen LogP contribution in [0.15, 0.2) is 78.4 Å². The summed E-state index contributed by atoms with van der Waals surface area (Å²) >= 11 is 3.13. The van der Waals surface area contributed by atoms with Crippen LogP contribution in [0.2, 0.25) is 0 Å². The second kappa shape index (κ2) is 8.51. The molecular formula is C26H25CrNO. The minimum absolute atomic E-state index is 0.0722. The summed E-state index contributed by atoms with van der Waals surface area (Å²) in [5.74, 6) is 0. The van der Waals surface area contributed by atoms with Gasteiger partial charge in [-0.2, -0.15) is 0 Å². The Morgan fingerprint density at radius 3 is 2.17 bits per heavy atom. The number of ether oxygens (including phenoxy) is 1. The van der Waals surface area contributed by atoms with E-state index in [9.17, 15) is 0 Å². The van der Waals surface area contributed by atoms with Crippen LogP contribution in [0.1, 0.15) is 33.9 Å². The summed E-state index contributed by atoms with van der Waals surface area (Å²) in [6, 6.07) is 26.3. The molecule has 0 radical (unpaired) electrons. The Hall–Kier alpha value is -2.44. The fraction of sp³-hybridized carbons (Fsp3) is 0.192. The number of nitrogens with zero attached hydrogens (tertiary/aromatic N) is 1. The van der Waals surface area contributed by atoms with E-state index in [0.717, 1.165) is 16.7 Å². The van der Waals surface area contributed by atoms with Crippen LogP contribution >= 0.6 is 0 Å². The molecule has 0 N–H and O–H groups in total. The Bertz CT molecular complexity index is 1050. The quantitative estimate of drug-likeness (QED) is 0.520. The van der Waals surface area contributed by atoms with Gasteiger partial charge in [-0.25, -0.2) is 0 Å². The van der Waals surface area contributed by atoms with Crippen molar-refractivity contribution in [1.29, 1.82) is 0 Å². The molecular weight excluding hydrogens is 394 g/mol. The molecule has 1 aliphatic rings. The van der Waals surface area contributed by atoms with Gasteiger partial charge in [0.25, 0.3) is 0 Å². The number of rotatable bonds is 5. The van der Waals surface area contributed by atoms with E-state index in [-0.39, 0.29) is 6.04 Å². The third kappa shape index (κ3) is 4.14. The molecule has 1 atom stereocenters. The summed E-state index contributed by atoms with van der Waals surface area (Å²) < 4.78 is 6.49. The first kappa shape index (κ1) is 19.9. The van der Waals surface area contributed by atoms with Crippen molar-refractivity contribution in [2.45, 2.75) is 26.4 Å². The third-order valence-electron chi connectivity index (χ3n) is 5.45. The van der Waals surface area contributed by atoms with Crippen molar-refractivity contribution in [3.05, 3.63) is 106 Å². The van der Waals surface area contributed by atoms with Gasteiger partial charge in [0.1, 0.15) is 0 Å². The van der Waals surface area contributed by atoms with Gasteiger partial charge >= 0.3 is 182 Å². The summed E-state index contributed by atoms with van der Waals surface area (Å²) in [6.07, 6.45) is 2.25. The molecule has 0 saturated carbocycles. The molecule has 146 valence electrons. The molecule has 1 aliphatic heterocycles. The average molecular weight is 419 g/mol. The average Bonchev–Trinajstić information content (AvgIpc) is 2.75. The van der Waals surface area contributed by atoms with E-state index in [1.54, 1.807) is 7.11 Å². The van der Waals surface area contributed by atoms with E-state index in [1.807, 2.05) is 0 Å². The number of aryl methyl sites for hydroxylation is 2. The number of benzene rings is 3. The molecule has 1 heterocycles. The van der Waals surface area contributed by atoms with Crippen LogP contribution in [-0.2, 0) is 27.1 Å². The van der Waals surface area contributed by atoms with Crippen molar-refractivity contribution in [3.8, 4) is 0 Å². The van der Waals surface area contributed by atoms with E-state index in [2.05, 4.69) is 113 Å². The van der Waals surface area contributed by atoms with E-state index in [1.165, 1.54) is 33.5 Å². The molecule has 4 rings (SSSR count). The maximum absolute atomic E-state index is 5.66. The summed E-state index contributed by atoms with van der Waals surface area (Å²) in [4.78, 5) is 2.48. The zero-order chi connectivity index (χ0) is 20.4. The number of methoxy groups -OCH3 is 1. The van der Waals surface area contributed by atoms with Crippen molar-refractivity contribution in [1.82, 2.24) is 0 Å². The molecule has 0 bridgehead atoms. The van der Waals surface area contributed by atoms with Crippen LogP contribution in [0, 0.1) is 13.8 Å². The normalized spacial score (nSPS) is 15.6. The topological polar surface area (TPSA) is 12.5 Å². The molecule has 0 aromatic heterocycles. The second-order valence-electron chi connectivity index (χ2n) is 7.58. The molecule has 0 amide bonds. The summed E-state index contributed by atoms with van der Waals surface area (Å²) in [5, 5.41) is 0. The van der Waals surface area contributed by atoms with Crippen molar-refractivity contribution < 1.29 is 20.6 Å². The van der Waals surface area contributed by atoms with Crippen molar-refractivity contribution in [2.75, 3.05) is 12.0 Å². The molecule has 3 aromatic rings. The molecule has 0 saturated heterocycles. The zero-order valence-electron chi connectivity index (χ0n) is 17.1. The summed E-state index contributed by atoms with van der Waals surface area (Å²) in [6.45, 7) is 5.08. The van der Waals surface area contributed by atoms with Gasteiger partial charge in [0.2, 0.25) is 0 Å². The van der Waals surface area contributed by atoms with Gasteiger partial charge in [0.05, 0.1) is 0 Å². The minimum atomic E-state index is 0.0722. The van der Waals surface area contributed by atoms with Crippen LogP contribution in [0.25, 0.3) is 6.08 Å². The van der Waals surface area contributed by atoms with Gasteiger partial charge in [-0.1, -0.05) is 0 Å². The van der Waals surface area contributed by atoms with Gasteiger partial charge in [-0.05, 0) is 0 Å². The molecule has 29 heavy (non-hydrogen) atoms. The van der Waals surface area contributed by atoms with Gasteiger partial charge in [0, 0.05) is 0 Å². The molecule has 0 spiro atoms. The Kier molecular flexibility index (Phi) is 5.83. The zero-order valence-corrected chi connectivity index (χ0v) is 18.3. The Balaban J connectivity index is 1.86. The fourth-order valence-electron chi connectivity index (χ4n) is 3.89. The standard InChI is InChI=1S/C26H25NO.Cr/c1-19-8-12-21(13-9-19)17-27-25-7-5-4-6-23(25)16-24(18-28-3)26(27)22-14-10-20(2)11-15-22;/h4-16,26H,17H2,1-3H3;. The summed E-state index contributed by atoms with van der Waals surface area (Å²) in [5.41, 5.74) is 8.70. The van der Waals surface area contributed by atoms with Crippen molar-refractivity contribution in [3.63, 3.8) is 0 Å². The molecule has 3 heteroatoms. The molecule has 0 aliphatic carbocycles. The number of para-hydroxylation sites is 1. The molecule has 1 unspecified atom stereocenters. The van der Waals surface area contributed by atoms with Crippen LogP contribution in [-0.4, -0.2) is 11.7 Å². The second-order valence-corrected chi connectivity index (χ2v) is 8.16. The van der Waals surface area contributed by atoms with E-state index < -0.39 is 0 Å². The van der Waals surface area contributed by atoms with E-state index in [0.29, 0.717) is 0 Å². The SMILES string of the molecule is CO[C](=[Cr])C1=Cc2ccccc2N(Cc2ccc(C)cc2)C1c1ccc(C)cc1. The van der Waals surface area contributed by atoms with Gasteiger partial charge in [-0.15, -0.1) is 0 Å². The van der Waals surface area contributed by atoms with Gasteiger partial charge in [-0.3, -0.25) is 0 Å². The summed E-state index contributed by atoms with van der Waals surface area (Å²) in [7, 11) is 1.73. The number of anilines is 1. The Morgan fingerprint density at radius 2 is 1.52 bits per heavy atom. The predicted octanol–water partition coefficient (Wildman–Crippen LogP) is 5.77. The number of fused-ring (bicyclic) bond motifs is 1. The maximum atomic E-state index is 5.66. The van der Waals surface area contributed by atoms with Crippen molar-refractivity contribution in [2.24, 2.45) is 0 Å². The van der Waals surface area contributed by atoms with Crippen LogP contribution in [0.3, 0.4) is 0 Å². The van der Waals surface area contributed by atoms with Crippen LogP contribution in [0.4, 0.5) is 5.69 Å². The first-order valence-electron chi connectivity index (χ1n) is 9.84. The van der Waals surface area contributed by atoms with Crippen LogP contribution in [0.5, 0.6) is 0 Å². The first-order valence-corrected chi connectivity index (χ1v) is 10.5. The van der Waals surface area contributed by atoms with Crippen molar-refractivity contribution >= 4 is 16.3 Å². The predicted molar refractivity (Wildman–Crippen MR) is 118 cm³/mol. The van der Waals surface area contributed by atoms with Gasteiger partial charge < -0.3 is 0 Å². The Morgan fingerprint density at radius 1 is 0.897 bits per heavy atom. The van der Waals surface area contributed by atoms with Crippen LogP contribution < -0.4 is 4.90 Å². The van der Waals surface area contributed by atoms with E-state index in [4.69, 9.17) is 4.74 Å². The number of hydrogen-bond acceptors (Lipinski definition) is 2. The monoisotopic (exact) mass is 419 g/mol. The third-order valence-corrected chi connectivity index (χ3v) is 6.08. The molecule has 0 fully saturated rings. The first-order chi connectivity index (χ1) is 14.1. The molecule has 2 nitrogen and oxygen atoms in total. The Labute approximate surface area is 181 Å². The van der Waals surface area contributed by atoms with Gasteiger partial charge in [0.15, 0.2) is 0 Å². The van der Waals surface area contributed by atoms with E-state index >= 15 is 0 Å². The molecule has 3 aromatic carbocycles. The fourth-order valence-corrected chi connectivity index (χ4v) is 4.15.